The number of rotatable bonds is 4. The van der Waals surface area contributed by atoms with E-state index in [0.29, 0.717) is 15.5 Å². The third-order valence-electron chi connectivity index (χ3n) is 2.59. The van der Waals surface area contributed by atoms with Gasteiger partial charge in [-0.25, -0.2) is 4.98 Å². The molecule has 0 saturated carbocycles. The van der Waals surface area contributed by atoms with Crippen molar-refractivity contribution in [3.63, 3.8) is 0 Å². The van der Waals surface area contributed by atoms with Crippen molar-refractivity contribution in [1.29, 1.82) is 0 Å². The van der Waals surface area contributed by atoms with E-state index in [2.05, 4.69) is 35.6 Å². The molecule has 4 nitrogen and oxygen atoms in total. The lowest BCUT2D eigenvalue weighted by molar-refractivity contribution is 0.501. The second kappa shape index (κ2) is 5.65. The molecule has 0 aliphatic rings. The molecule has 1 rings (SSSR count). The molecular formula is C11H18IN3O. The number of aromatic amines is 1. The summed E-state index contributed by atoms with van der Waals surface area (Å²) in [5, 5.41) is 0. The van der Waals surface area contributed by atoms with Gasteiger partial charge in [0.25, 0.3) is 5.56 Å². The maximum absolute atomic E-state index is 11.5. The second-order valence-electron chi connectivity index (χ2n) is 4.46. The molecule has 1 heterocycles. The van der Waals surface area contributed by atoms with E-state index in [0.717, 1.165) is 12.2 Å². The van der Waals surface area contributed by atoms with Gasteiger partial charge in [0, 0.05) is 13.1 Å². The first-order valence-corrected chi connectivity index (χ1v) is 6.47. The average molecular weight is 335 g/mol. The van der Waals surface area contributed by atoms with Crippen LogP contribution in [0.2, 0.25) is 0 Å². The molecule has 1 unspecified atom stereocenters. The highest BCUT2D eigenvalue weighted by molar-refractivity contribution is 14.1. The van der Waals surface area contributed by atoms with Crippen molar-refractivity contribution in [2.24, 2.45) is 5.92 Å². The van der Waals surface area contributed by atoms with Crippen LogP contribution in [0.15, 0.2) is 11.1 Å². The average Bonchev–Trinajstić information content (AvgIpc) is 2.20. The van der Waals surface area contributed by atoms with Crippen molar-refractivity contribution in [2.45, 2.75) is 33.2 Å². The Morgan fingerprint density at radius 3 is 2.69 bits per heavy atom. The number of H-pyrrole nitrogens is 1. The number of aromatic nitrogens is 2. The molecular weight excluding hydrogens is 317 g/mol. The van der Waals surface area contributed by atoms with Crippen molar-refractivity contribution in [3.8, 4) is 0 Å². The van der Waals surface area contributed by atoms with Crippen LogP contribution in [-0.2, 0) is 0 Å². The molecule has 5 heteroatoms. The van der Waals surface area contributed by atoms with Crippen LogP contribution in [0.1, 0.15) is 27.2 Å². The van der Waals surface area contributed by atoms with Gasteiger partial charge in [0.2, 0.25) is 0 Å². The van der Waals surface area contributed by atoms with Gasteiger partial charge in [0.05, 0.1) is 6.33 Å². The lowest BCUT2D eigenvalue weighted by Gasteiger charge is -2.27. The summed E-state index contributed by atoms with van der Waals surface area (Å²) in [6.07, 6.45) is 2.54. The summed E-state index contributed by atoms with van der Waals surface area (Å²) >= 11 is 2.04. The first-order valence-electron chi connectivity index (χ1n) is 5.39. The minimum absolute atomic E-state index is 0.0748. The van der Waals surface area contributed by atoms with E-state index in [1.807, 2.05) is 29.6 Å². The predicted octanol–water partition coefficient (Wildman–Crippen LogP) is 2.25. The fourth-order valence-electron chi connectivity index (χ4n) is 1.67. The van der Waals surface area contributed by atoms with E-state index in [1.165, 1.54) is 6.33 Å². The van der Waals surface area contributed by atoms with Crippen molar-refractivity contribution in [1.82, 2.24) is 9.97 Å². The molecule has 1 aromatic rings. The third-order valence-corrected chi connectivity index (χ3v) is 3.56. The number of nitrogens with zero attached hydrogens (tertiary/aromatic N) is 2. The van der Waals surface area contributed by atoms with Gasteiger partial charge >= 0.3 is 0 Å². The number of hydrogen-bond acceptors (Lipinski definition) is 3. The van der Waals surface area contributed by atoms with Crippen molar-refractivity contribution in [3.05, 3.63) is 20.3 Å². The summed E-state index contributed by atoms with van der Waals surface area (Å²) < 4.78 is 0.651. The Morgan fingerprint density at radius 1 is 1.50 bits per heavy atom. The van der Waals surface area contributed by atoms with E-state index >= 15 is 0 Å². The summed E-state index contributed by atoms with van der Waals surface area (Å²) in [5.74, 6) is 1.40. The van der Waals surface area contributed by atoms with Crippen LogP contribution in [0.5, 0.6) is 0 Å². The van der Waals surface area contributed by atoms with Gasteiger partial charge in [-0.15, -0.1) is 0 Å². The van der Waals surface area contributed by atoms with Crippen LogP contribution >= 0.6 is 22.6 Å². The predicted molar refractivity (Wildman–Crippen MR) is 74.9 cm³/mol. The standard InChI is InChI=1S/C11H18IN3O/c1-7(2)5-8(3)15(4)10-9(12)11(16)14-6-13-10/h6-8H,5H2,1-4H3,(H,13,14,16). The Kier molecular flexibility index (Phi) is 4.76. The molecule has 0 bridgehead atoms. The summed E-state index contributed by atoms with van der Waals surface area (Å²) in [7, 11) is 1.98. The molecule has 0 amide bonds. The van der Waals surface area contributed by atoms with Gasteiger partial charge < -0.3 is 9.88 Å². The zero-order valence-electron chi connectivity index (χ0n) is 10.1. The topological polar surface area (TPSA) is 49.0 Å². The highest BCUT2D eigenvalue weighted by atomic mass is 127. The lowest BCUT2D eigenvalue weighted by atomic mass is 10.0. The molecule has 16 heavy (non-hydrogen) atoms. The Balaban J connectivity index is 2.92. The van der Waals surface area contributed by atoms with Crippen molar-refractivity contribution in [2.75, 3.05) is 11.9 Å². The minimum atomic E-state index is -0.0748. The van der Waals surface area contributed by atoms with Gasteiger partial charge in [-0.1, -0.05) is 13.8 Å². The summed E-state index contributed by atoms with van der Waals surface area (Å²) in [4.78, 5) is 20.3. The third kappa shape index (κ3) is 3.20. The van der Waals surface area contributed by atoms with Gasteiger partial charge in [-0.2, -0.15) is 0 Å². The zero-order valence-corrected chi connectivity index (χ0v) is 12.3. The Hall–Kier alpha value is -0.590. The monoisotopic (exact) mass is 335 g/mol. The van der Waals surface area contributed by atoms with Gasteiger partial charge in [0.1, 0.15) is 9.39 Å². The number of nitrogens with one attached hydrogen (secondary N) is 1. The van der Waals surface area contributed by atoms with Crippen molar-refractivity contribution >= 4 is 28.4 Å². The van der Waals surface area contributed by atoms with Crippen LogP contribution in [-0.4, -0.2) is 23.1 Å². The van der Waals surface area contributed by atoms with E-state index in [9.17, 15) is 4.79 Å². The molecule has 0 aliphatic carbocycles. The lowest BCUT2D eigenvalue weighted by Crippen LogP contribution is -2.33. The first kappa shape index (κ1) is 13.5. The Bertz CT molecular complexity index is 402. The molecule has 1 aromatic heterocycles. The molecule has 1 atom stereocenters. The van der Waals surface area contributed by atoms with E-state index in [-0.39, 0.29) is 5.56 Å². The molecule has 0 aromatic carbocycles. The smallest absolute Gasteiger partial charge is 0.266 e. The van der Waals surface area contributed by atoms with Crippen LogP contribution in [0.4, 0.5) is 5.82 Å². The minimum Gasteiger partial charge on any atom is -0.356 e. The van der Waals surface area contributed by atoms with E-state index in [4.69, 9.17) is 0 Å². The SMILES string of the molecule is CC(C)CC(C)N(C)c1nc[nH]c(=O)c1I. The van der Waals surface area contributed by atoms with E-state index < -0.39 is 0 Å². The molecule has 0 radical (unpaired) electrons. The second-order valence-corrected chi connectivity index (χ2v) is 5.54. The molecule has 1 N–H and O–H groups in total. The summed E-state index contributed by atoms with van der Waals surface area (Å²) in [5.41, 5.74) is -0.0748. The van der Waals surface area contributed by atoms with Gasteiger partial charge in [-0.3, -0.25) is 4.79 Å². The molecule has 0 saturated heterocycles. The van der Waals surface area contributed by atoms with Crippen LogP contribution in [0.25, 0.3) is 0 Å². The highest BCUT2D eigenvalue weighted by Gasteiger charge is 2.16. The van der Waals surface area contributed by atoms with Crippen molar-refractivity contribution < 1.29 is 0 Å². The molecule has 90 valence electrons. The number of hydrogen-bond donors (Lipinski definition) is 1. The fraction of sp³-hybridized carbons (Fsp3) is 0.636. The Morgan fingerprint density at radius 2 is 2.12 bits per heavy atom. The van der Waals surface area contributed by atoms with Crippen LogP contribution in [0, 0.1) is 9.49 Å². The van der Waals surface area contributed by atoms with E-state index in [1.54, 1.807) is 0 Å². The number of halogens is 1. The zero-order chi connectivity index (χ0) is 12.3. The number of anilines is 1. The quantitative estimate of drug-likeness (QED) is 0.859. The Labute approximate surface area is 110 Å². The van der Waals surface area contributed by atoms with Crippen LogP contribution in [0.3, 0.4) is 0 Å². The largest absolute Gasteiger partial charge is 0.356 e. The summed E-state index contributed by atoms with van der Waals surface area (Å²) in [6, 6.07) is 0.378. The first-order chi connectivity index (χ1) is 7.43. The molecule has 0 aliphatic heterocycles. The molecule has 0 spiro atoms. The van der Waals surface area contributed by atoms with Gasteiger partial charge in [0.15, 0.2) is 0 Å². The molecule has 0 fully saturated rings. The highest BCUT2D eigenvalue weighted by Crippen LogP contribution is 2.19. The fourth-order valence-corrected chi connectivity index (χ4v) is 2.34. The normalized spacial score (nSPS) is 12.9. The maximum Gasteiger partial charge on any atom is 0.266 e. The summed E-state index contributed by atoms with van der Waals surface area (Å²) in [6.45, 7) is 6.54. The maximum atomic E-state index is 11.5. The van der Waals surface area contributed by atoms with Crippen LogP contribution < -0.4 is 10.5 Å². The van der Waals surface area contributed by atoms with Gasteiger partial charge in [-0.05, 0) is 41.9 Å².